The van der Waals surface area contributed by atoms with E-state index in [-0.39, 0.29) is 0 Å². The van der Waals surface area contributed by atoms with Crippen LogP contribution in [-0.2, 0) is 6.54 Å². The van der Waals surface area contributed by atoms with Crippen molar-refractivity contribution < 1.29 is 5.11 Å². The number of nitrogens with zero attached hydrogens (tertiary/aromatic N) is 1. The van der Waals surface area contributed by atoms with E-state index in [0.29, 0.717) is 18.3 Å². The van der Waals surface area contributed by atoms with Gasteiger partial charge in [-0.05, 0) is 36.9 Å². The van der Waals surface area contributed by atoms with E-state index in [0.717, 1.165) is 30.6 Å². The number of hydrogen-bond donors (Lipinski definition) is 2. The van der Waals surface area contributed by atoms with Gasteiger partial charge in [0.25, 0.3) is 0 Å². The number of fused-ring (bicyclic) bond motifs is 1. The van der Waals surface area contributed by atoms with Crippen molar-refractivity contribution in [3.8, 4) is 5.75 Å². The Kier molecular flexibility index (Phi) is 5.59. The van der Waals surface area contributed by atoms with Crippen molar-refractivity contribution in [1.82, 2.24) is 10.2 Å². The largest absolute Gasteiger partial charge is 0.508 e. The SMILES string of the molecule is CCN(CC)CC(C)NCc1c(O)ccc2ccccc12. The molecule has 0 heterocycles. The molecule has 0 saturated carbocycles. The summed E-state index contributed by atoms with van der Waals surface area (Å²) in [5, 5.41) is 16.0. The average Bonchev–Trinajstić information content (AvgIpc) is 2.51. The van der Waals surface area contributed by atoms with E-state index < -0.39 is 0 Å². The molecule has 3 nitrogen and oxygen atoms in total. The quantitative estimate of drug-likeness (QED) is 0.819. The molecule has 0 amide bonds. The fourth-order valence-electron chi connectivity index (χ4n) is 2.72. The van der Waals surface area contributed by atoms with Crippen molar-refractivity contribution in [3.63, 3.8) is 0 Å². The fourth-order valence-corrected chi connectivity index (χ4v) is 2.72. The van der Waals surface area contributed by atoms with Gasteiger partial charge in [0.1, 0.15) is 5.75 Å². The standard InChI is InChI=1S/C18H26N2O/c1-4-20(5-2)13-14(3)19-12-17-16-9-7-6-8-15(16)10-11-18(17)21/h6-11,14,19,21H,4-5,12-13H2,1-3H3. The predicted molar refractivity (Wildman–Crippen MR) is 89.7 cm³/mol. The second-order valence-electron chi connectivity index (χ2n) is 5.55. The summed E-state index contributed by atoms with van der Waals surface area (Å²) in [6.07, 6.45) is 0. The van der Waals surface area contributed by atoms with Crippen LogP contribution in [0.2, 0.25) is 0 Å². The van der Waals surface area contributed by atoms with Crippen molar-refractivity contribution in [3.05, 3.63) is 42.0 Å². The smallest absolute Gasteiger partial charge is 0.120 e. The van der Waals surface area contributed by atoms with Gasteiger partial charge in [-0.25, -0.2) is 0 Å². The van der Waals surface area contributed by atoms with Crippen molar-refractivity contribution in [1.29, 1.82) is 0 Å². The molecule has 114 valence electrons. The fraction of sp³-hybridized carbons (Fsp3) is 0.444. The average molecular weight is 286 g/mol. The van der Waals surface area contributed by atoms with Crippen LogP contribution in [0.15, 0.2) is 36.4 Å². The molecule has 2 aromatic carbocycles. The maximum absolute atomic E-state index is 10.1. The summed E-state index contributed by atoms with van der Waals surface area (Å²) in [7, 11) is 0. The van der Waals surface area contributed by atoms with Gasteiger partial charge in [-0.1, -0.05) is 44.2 Å². The number of hydrogen-bond acceptors (Lipinski definition) is 3. The van der Waals surface area contributed by atoms with Gasteiger partial charge in [0, 0.05) is 24.7 Å². The normalized spacial score (nSPS) is 13.0. The Hall–Kier alpha value is -1.58. The highest BCUT2D eigenvalue weighted by atomic mass is 16.3. The molecule has 0 aliphatic rings. The Labute approximate surface area is 127 Å². The zero-order chi connectivity index (χ0) is 15.2. The van der Waals surface area contributed by atoms with Gasteiger partial charge < -0.3 is 15.3 Å². The Balaban J connectivity index is 2.08. The van der Waals surface area contributed by atoms with Crippen LogP contribution >= 0.6 is 0 Å². The van der Waals surface area contributed by atoms with Gasteiger partial charge in [-0.3, -0.25) is 0 Å². The molecule has 2 N–H and O–H groups in total. The molecule has 1 unspecified atom stereocenters. The number of benzene rings is 2. The Bertz CT molecular complexity index is 578. The lowest BCUT2D eigenvalue weighted by molar-refractivity contribution is 0.270. The van der Waals surface area contributed by atoms with Crippen molar-refractivity contribution >= 4 is 10.8 Å². The Morgan fingerprint density at radius 1 is 1.10 bits per heavy atom. The van der Waals surface area contributed by atoms with Gasteiger partial charge in [-0.15, -0.1) is 0 Å². The van der Waals surface area contributed by atoms with Crippen molar-refractivity contribution in [2.45, 2.75) is 33.4 Å². The Morgan fingerprint density at radius 2 is 1.81 bits per heavy atom. The summed E-state index contributed by atoms with van der Waals surface area (Å²) in [5.74, 6) is 0.372. The molecule has 21 heavy (non-hydrogen) atoms. The number of rotatable bonds is 7. The Morgan fingerprint density at radius 3 is 2.52 bits per heavy atom. The van der Waals surface area contributed by atoms with Crippen LogP contribution in [0.5, 0.6) is 5.75 Å². The first-order valence-electron chi connectivity index (χ1n) is 7.81. The van der Waals surface area contributed by atoms with Gasteiger partial charge in [-0.2, -0.15) is 0 Å². The molecule has 0 spiro atoms. The first-order valence-corrected chi connectivity index (χ1v) is 7.81. The summed E-state index contributed by atoms with van der Waals surface area (Å²) in [6.45, 7) is 10.4. The lowest BCUT2D eigenvalue weighted by Crippen LogP contribution is -2.38. The minimum Gasteiger partial charge on any atom is -0.508 e. The van der Waals surface area contributed by atoms with E-state index in [4.69, 9.17) is 0 Å². The van der Waals surface area contributed by atoms with E-state index in [1.807, 2.05) is 18.2 Å². The molecule has 0 radical (unpaired) electrons. The number of nitrogens with one attached hydrogen (secondary N) is 1. The van der Waals surface area contributed by atoms with E-state index in [2.05, 4.69) is 43.1 Å². The molecule has 1 atom stereocenters. The zero-order valence-corrected chi connectivity index (χ0v) is 13.3. The monoisotopic (exact) mass is 286 g/mol. The molecule has 0 saturated heterocycles. The molecule has 0 aliphatic heterocycles. The summed E-state index contributed by atoms with van der Waals surface area (Å²) in [6, 6.07) is 12.3. The summed E-state index contributed by atoms with van der Waals surface area (Å²) < 4.78 is 0. The van der Waals surface area contributed by atoms with Gasteiger partial charge in [0.15, 0.2) is 0 Å². The van der Waals surface area contributed by atoms with Crippen LogP contribution in [0.3, 0.4) is 0 Å². The van der Waals surface area contributed by atoms with Crippen LogP contribution in [0, 0.1) is 0 Å². The molecule has 0 aromatic heterocycles. The second-order valence-corrected chi connectivity index (χ2v) is 5.55. The highest BCUT2D eigenvalue weighted by molar-refractivity contribution is 5.87. The lowest BCUT2D eigenvalue weighted by Gasteiger charge is -2.23. The molecule has 0 bridgehead atoms. The second kappa shape index (κ2) is 7.43. The highest BCUT2D eigenvalue weighted by Crippen LogP contribution is 2.26. The molecule has 2 aromatic rings. The third-order valence-corrected chi connectivity index (χ3v) is 4.07. The maximum Gasteiger partial charge on any atom is 0.120 e. The summed E-state index contributed by atoms with van der Waals surface area (Å²) in [4.78, 5) is 2.40. The van der Waals surface area contributed by atoms with Crippen LogP contribution in [0.25, 0.3) is 10.8 Å². The maximum atomic E-state index is 10.1. The summed E-state index contributed by atoms with van der Waals surface area (Å²) >= 11 is 0. The van der Waals surface area contributed by atoms with Crippen molar-refractivity contribution in [2.24, 2.45) is 0 Å². The van der Waals surface area contributed by atoms with E-state index >= 15 is 0 Å². The molecular weight excluding hydrogens is 260 g/mol. The van der Waals surface area contributed by atoms with E-state index in [1.165, 1.54) is 5.39 Å². The van der Waals surface area contributed by atoms with Crippen LogP contribution in [-0.4, -0.2) is 35.7 Å². The first kappa shape index (κ1) is 15.8. The van der Waals surface area contributed by atoms with Gasteiger partial charge >= 0.3 is 0 Å². The van der Waals surface area contributed by atoms with Gasteiger partial charge in [0.2, 0.25) is 0 Å². The van der Waals surface area contributed by atoms with Gasteiger partial charge in [0.05, 0.1) is 0 Å². The highest BCUT2D eigenvalue weighted by Gasteiger charge is 2.10. The zero-order valence-electron chi connectivity index (χ0n) is 13.3. The number of likely N-dealkylation sites (N-methyl/N-ethyl adjacent to an activating group) is 1. The van der Waals surface area contributed by atoms with E-state index in [9.17, 15) is 5.11 Å². The number of aromatic hydroxyl groups is 1. The number of phenolic OH excluding ortho intramolecular Hbond substituents is 1. The first-order chi connectivity index (χ1) is 10.2. The number of phenols is 1. The van der Waals surface area contributed by atoms with Crippen LogP contribution in [0.1, 0.15) is 26.3 Å². The molecule has 0 fully saturated rings. The minimum absolute atomic E-state index is 0.372. The molecule has 3 heteroatoms. The van der Waals surface area contributed by atoms with Crippen molar-refractivity contribution in [2.75, 3.05) is 19.6 Å². The topological polar surface area (TPSA) is 35.5 Å². The third kappa shape index (κ3) is 3.96. The molecule has 0 aliphatic carbocycles. The van der Waals surface area contributed by atoms with Crippen LogP contribution in [0.4, 0.5) is 0 Å². The summed E-state index contributed by atoms with van der Waals surface area (Å²) in [5.41, 5.74) is 0.986. The third-order valence-electron chi connectivity index (χ3n) is 4.07. The lowest BCUT2D eigenvalue weighted by atomic mass is 10.0. The predicted octanol–water partition coefficient (Wildman–Crippen LogP) is 3.37. The van der Waals surface area contributed by atoms with E-state index in [1.54, 1.807) is 6.07 Å². The van der Waals surface area contributed by atoms with Crippen LogP contribution < -0.4 is 5.32 Å². The molecular formula is C18H26N2O. The minimum atomic E-state index is 0.372. The molecule has 2 rings (SSSR count).